The van der Waals surface area contributed by atoms with Gasteiger partial charge in [0.25, 0.3) is 0 Å². The Bertz CT molecular complexity index is 1070. The summed E-state index contributed by atoms with van der Waals surface area (Å²) in [4.78, 5) is 5.27. The molecule has 0 aromatic heterocycles. The molecule has 174 valence electrons. The molecule has 0 amide bonds. The lowest BCUT2D eigenvalue weighted by atomic mass is 9.55. The van der Waals surface area contributed by atoms with Gasteiger partial charge < -0.3 is 8.92 Å². The molecular formula is C19H28N2O8S2. The first-order valence-corrected chi connectivity index (χ1v) is 13.2. The molecule has 0 saturated heterocycles. The van der Waals surface area contributed by atoms with Gasteiger partial charge in [-0.15, -0.1) is 0 Å². The van der Waals surface area contributed by atoms with Crippen molar-refractivity contribution < 1.29 is 35.0 Å². The molecule has 31 heavy (non-hydrogen) atoms. The number of methoxy groups -OCH3 is 1. The maximum Gasteiger partial charge on any atom is 0.380 e. The van der Waals surface area contributed by atoms with Crippen molar-refractivity contribution in [3.63, 3.8) is 0 Å². The zero-order valence-corrected chi connectivity index (χ0v) is 19.1. The van der Waals surface area contributed by atoms with Gasteiger partial charge in [0.15, 0.2) is 11.5 Å². The van der Waals surface area contributed by atoms with Crippen LogP contribution in [0.15, 0.2) is 12.1 Å². The number of hydrogen-bond donors (Lipinski definition) is 2. The van der Waals surface area contributed by atoms with E-state index in [-0.39, 0.29) is 23.2 Å². The molecule has 4 N–H and O–H groups in total. The Morgan fingerprint density at radius 1 is 1.03 bits per heavy atom. The second-order valence-corrected chi connectivity index (χ2v) is 11.2. The van der Waals surface area contributed by atoms with Gasteiger partial charge in [-0.05, 0) is 79.5 Å². The van der Waals surface area contributed by atoms with Crippen LogP contribution < -0.4 is 19.2 Å². The monoisotopic (exact) mass is 477 g/mol. The quantitative estimate of drug-likeness (QED) is 0.462. The zero-order chi connectivity index (χ0) is 22.6. The van der Waals surface area contributed by atoms with Gasteiger partial charge in [-0.3, -0.25) is 0 Å². The molecule has 3 aliphatic rings. The molecule has 1 aromatic carbocycles. The second-order valence-electron chi connectivity index (χ2n) is 8.96. The maximum absolute atomic E-state index is 11.4. The first-order valence-electron chi connectivity index (χ1n) is 10.2. The summed E-state index contributed by atoms with van der Waals surface area (Å²) in [6.45, 7) is 2.14. The van der Waals surface area contributed by atoms with Crippen molar-refractivity contribution in [2.45, 2.75) is 57.5 Å². The lowest BCUT2D eigenvalue weighted by Gasteiger charge is -2.50. The average Bonchev–Trinajstić information content (AvgIpc) is 3.00. The number of fused-ring (bicyclic) bond motifs is 5. The van der Waals surface area contributed by atoms with E-state index in [0.717, 1.165) is 43.2 Å². The Morgan fingerprint density at radius 3 is 2.42 bits per heavy atom. The van der Waals surface area contributed by atoms with Gasteiger partial charge in [-0.1, -0.05) is 11.3 Å². The largest absolute Gasteiger partial charge is 0.493 e. The van der Waals surface area contributed by atoms with Gasteiger partial charge >= 0.3 is 20.6 Å². The van der Waals surface area contributed by atoms with Gasteiger partial charge in [-0.2, -0.15) is 22.0 Å². The molecule has 4 rings (SSSR count). The number of aryl methyl sites for hydroxylation is 1. The topological polar surface area (TPSA) is 157 Å². The van der Waals surface area contributed by atoms with Crippen LogP contribution in [0.5, 0.6) is 11.5 Å². The van der Waals surface area contributed by atoms with Crippen LogP contribution in [-0.4, -0.2) is 30.0 Å². The van der Waals surface area contributed by atoms with Gasteiger partial charge in [0.2, 0.25) is 0 Å². The Morgan fingerprint density at radius 2 is 1.77 bits per heavy atom. The first-order chi connectivity index (χ1) is 14.4. The zero-order valence-electron chi connectivity index (χ0n) is 17.4. The minimum atomic E-state index is -4.16. The van der Waals surface area contributed by atoms with Crippen molar-refractivity contribution in [1.82, 2.24) is 0 Å². The first kappa shape index (κ1) is 22.7. The highest BCUT2D eigenvalue weighted by Gasteiger charge is 2.56. The highest BCUT2D eigenvalue weighted by molar-refractivity contribution is 7.84. The third kappa shape index (κ3) is 4.41. The lowest BCUT2D eigenvalue weighted by molar-refractivity contribution is -0.269. The van der Waals surface area contributed by atoms with E-state index < -0.39 is 20.6 Å². The predicted molar refractivity (Wildman–Crippen MR) is 110 cm³/mol. The highest BCUT2D eigenvalue weighted by Crippen LogP contribution is 2.62. The van der Waals surface area contributed by atoms with Crippen LogP contribution in [0.4, 0.5) is 0 Å². The molecule has 2 saturated carbocycles. The van der Waals surface area contributed by atoms with Crippen molar-refractivity contribution in [3.05, 3.63) is 23.3 Å². The van der Waals surface area contributed by atoms with Gasteiger partial charge in [0.05, 0.1) is 7.11 Å². The average molecular weight is 478 g/mol. The van der Waals surface area contributed by atoms with E-state index in [0.29, 0.717) is 24.0 Å². The van der Waals surface area contributed by atoms with Crippen LogP contribution in [0.1, 0.15) is 56.1 Å². The van der Waals surface area contributed by atoms with E-state index in [1.807, 2.05) is 6.07 Å². The third-order valence-corrected chi connectivity index (χ3v) is 8.06. The lowest BCUT2D eigenvalue weighted by Crippen LogP contribution is -2.45. The standard InChI is InChI=1S/C19H28N2O8S2/c1-19-8-7-12-13(15(19)5-6-18(19)27-29-31(21,24)25)4-3-11-9-17(28-30(20,22)23)16(26-2)10-14(11)12/h9-10,12-13,15,18H,3-8H2,1-2H3,(H2,20,22,23)(H2,21,24,25)/t12-,13+,15-,18-,19-/m0/s1/i27+1. The van der Waals surface area contributed by atoms with Crippen molar-refractivity contribution in [3.8, 4) is 11.5 Å². The molecule has 0 aliphatic heterocycles. The summed E-state index contributed by atoms with van der Waals surface area (Å²) in [5.41, 5.74) is 1.97. The van der Waals surface area contributed by atoms with E-state index in [4.69, 9.17) is 24.1 Å². The summed E-state index contributed by atoms with van der Waals surface area (Å²) in [7, 11) is -6.86. The van der Waals surface area contributed by atoms with E-state index in [9.17, 15) is 16.8 Å². The molecule has 5 atom stereocenters. The number of benzene rings is 1. The summed E-state index contributed by atoms with van der Waals surface area (Å²) in [5.74, 6) is 1.45. The Balaban J connectivity index is 1.60. The Hall–Kier alpha value is -1.44. The number of rotatable bonds is 6. The van der Waals surface area contributed by atoms with Crippen LogP contribution in [0.3, 0.4) is 0 Å². The summed E-state index contributed by atoms with van der Waals surface area (Å²) in [6, 6.07) is 3.57. The summed E-state index contributed by atoms with van der Waals surface area (Å²) < 4.78 is 59.9. The van der Waals surface area contributed by atoms with Crippen molar-refractivity contribution >= 4 is 20.6 Å². The minimum absolute atomic E-state index is 0.0947. The number of hydrogen-bond acceptors (Lipinski definition) is 8. The van der Waals surface area contributed by atoms with Gasteiger partial charge in [-0.25, -0.2) is 10.0 Å². The number of nitrogens with two attached hydrogens (primary N) is 2. The SMILES string of the molecule is COc1cc2c(cc1OS(N)(=O)=O)CC[C@@H]1[C@@H]2CC[C@]2(C)[C@@H]([17O]OS(N)(=O)=O)CC[C@@H]12. The second kappa shape index (κ2) is 7.85. The fourth-order valence-electron chi connectivity index (χ4n) is 6.14. The maximum atomic E-state index is 11.4. The molecule has 0 unspecified atom stereocenters. The van der Waals surface area contributed by atoms with Crippen LogP contribution in [0.2, 0.25) is 0 Å². The molecule has 3 aliphatic carbocycles. The molecule has 12 heteroatoms. The Labute approximate surface area is 182 Å². The molecule has 0 spiro atoms. The van der Waals surface area contributed by atoms with E-state index in [1.165, 1.54) is 7.11 Å². The van der Waals surface area contributed by atoms with Crippen LogP contribution >= 0.6 is 0 Å². The van der Waals surface area contributed by atoms with Crippen LogP contribution in [0, 0.1) is 17.3 Å². The van der Waals surface area contributed by atoms with Crippen LogP contribution in [0.25, 0.3) is 0 Å². The van der Waals surface area contributed by atoms with E-state index in [1.54, 1.807) is 6.07 Å². The summed E-state index contributed by atoms with van der Waals surface area (Å²) >= 11 is 0. The molecular weight excluding hydrogens is 449 g/mol. The molecule has 0 bridgehead atoms. The van der Waals surface area contributed by atoms with Gasteiger partial charge in [0.1, 0.15) is 6.10 Å². The molecule has 2 fully saturated rings. The normalized spacial score (nSPS) is 32.6. The van der Waals surface area contributed by atoms with E-state index >= 15 is 0 Å². The van der Waals surface area contributed by atoms with Gasteiger partial charge in [0, 0.05) is 5.41 Å². The molecule has 1 aromatic rings. The number of ether oxygens (including phenoxy) is 1. The fourth-order valence-corrected chi connectivity index (χ4v) is 6.72. The van der Waals surface area contributed by atoms with E-state index in [2.05, 4.69) is 11.3 Å². The summed E-state index contributed by atoms with van der Waals surface area (Å²) in [6.07, 6.45) is 4.72. The predicted octanol–water partition coefficient (Wildman–Crippen LogP) is 1.65. The van der Waals surface area contributed by atoms with Crippen LogP contribution in [-0.2, 0) is 36.3 Å². The minimum Gasteiger partial charge on any atom is -0.493 e. The Kier molecular flexibility index (Phi) is 5.76. The molecule has 0 radical (unpaired) electrons. The van der Waals surface area contributed by atoms with Crippen molar-refractivity contribution in [2.75, 3.05) is 7.11 Å². The van der Waals surface area contributed by atoms with Crippen molar-refractivity contribution in [1.29, 1.82) is 0 Å². The molecule has 0 heterocycles. The third-order valence-electron chi connectivity index (χ3n) is 7.38. The summed E-state index contributed by atoms with van der Waals surface area (Å²) in [5, 5.41) is 9.96. The fraction of sp³-hybridized carbons (Fsp3) is 0.684. The molecule has 10 nitrogen and oxygen atoms in total. The highest BCUT2D eigenvalue weighted by atomic mass is 32.2. The van der Waals surface area contributed by atoms with Crippen molar-refractivity contribution in [2.24, 2.45) is 27.5 Å². The smallest absolute Gasteiger partial charge is 0.380 e.